The normalized spacial score (nSPS) is 10.7. The van der Waals surface area contributed by atoms with Crippen molar-refractivity contribution in [3.63, 3.8) is 0 Å². The molecular formula is C23H42K3NO4. The number of carbonyl (C=O) groups excluding carboxylic acids is 2. The van der Waals surface area contributed by atoms with Crippen molar-refractivity contribution >= 4 is 11.9 Å². The fourth-order valence-corrected chi connectivity index (χ4v) is 2.71. The van der Waals surface area contributed by atoms with Gasteiger partial charge in [0.2, 0.25) is 0 Å². The maximum absolute atomic E-state index is 9.83. The van der Waals surface area contributed by atoms with Gasteiger partial charge >= 0.3 is 154 Å². The Balaban J connectivity index is -0.000000162. The number of allylic oxidation sites excluding steroid dienone is 2. The van der Waals surface area contributed by atoms with E-state index < -0.39 is 24.3 Å². The molecule has 0 saturated carbocycles. The van der Waals surface area contributed by atoms with Crippen LogP contribution in [0.3, 0.4) is 0 Å². The van der Waals surface area contributed by atoms with Crippen molar-refractivity contribution in [2.75, 3.05) is 6.54 Å². The number of rotatable bonds is 18. The van der Waals surface area contributed by atoms with Crippen molar-refractivity contribution in [1.82, 2.24) is 0 Å². The molecule has 0 radical (unpaired) electrons. The number of hydrogen-bond acceptors (Lipinski definition) is 4. The van der Waals surface area contributed by atoms with Crippen LogP contribution in [0.2, 0.25) is 0 Å². The van der Waals surface area contributed by atoms with Crippen LogP contribution in [0.1, 0.15) is 110 Å². The van der Waals surface area contributed by atoms with Crippen LogP contribution >= 0.6 is 0 Å². The van der Waals surface area contributed by atoms with Gasteiger partial charge in [0.25, 0.3) is 0 Å². The van der Waals surface area contributed by atoms with Gasteiger partial charge in [-0.2, -0.15) is 6.54 Å². The second-order valence-electron chi connectivity index (χ2n) is 7.48. The topological polar surface area (TPSA) is 104 Å². The first-order chi connectivity index (χ1) is 13.5. The van der Waals surface area contributed by atoms with E-state index in [1.807, 2.05) is 0 Å². The third-order valence-corrected chi connectivity index (χ3v) is 4.56. The van der Waals surface area contributed by atoms with Crippen LogP contribution in [0.15, 0.2) is 12.2 Å². The maximum Gasteiger partial charge on any atom is 1.00 e. The molecule has 166 valence electrons. The van der Waals surface area contributed by atoms with Gasteiger partial charge in [-0.25, -0.2) is 0 Å². The summed E-state index contributed by atoms with van der Waals surface area (Å²) in [6.45, 7) is 4.14. The summed E-state index contributed by atoms with van der Waals surface area (Å²) >= 11 is 0. The number of carboxylic acids is 2. The molecule has 8 heteroatoms. The summed E-state index contributed by atoms with van der Waals surface area (Å²) in [5.41, 5.74) is 7.07. The van der Waals surface area contributed by atoms with E-state index in [0.717, 1.165) is 6.42 Å². The molecule has 0 aliphatic heterocycles. The molecule has 0 aliphatic carbocycles. The van der Waals surface area contributed by atoms with E-state index in [0.29, 0.717) is 6.54 Å². The summed E-state index contributed by atoms with van der Waals surface area (Å²) in [5.74, 6) is -3.69. The summed E-state index contributed by atoms with van der Waals surface area (Å²) < 4.78 is 0. The van der Waals surface area contributed by atoms with Crippen LogP contribution in [0.4, 0.5) is 0 Å². The van der Waals surface area contributed by atoms with Crippen molar-refractivity contribution < 1.29 is 174 Å². The van der Waals surface area contributed by atoms with E-state index in [-0.39, 0.29) is 154 Å². The Hall–Kier alpha value is 3.55. The van der Waals surface area contributed by atoms with Gasteiger partial charge in [-0.15, -0.1) is 0 Å². The van der Waals surface area contributed by atoms with E-state index in [9.17, 15) is 19.8 Å². The standard InChI is InChI=1S/C18H36N.C5H8O4.3K/c1-2-3-4-5-6-7-8-9-10-11-12-13-14-15-16-17-18-19;1-3(5(8)9)2-4(6)7;;;/h9-10,19H,2-8,11-18H2,1H3;3H,2H2,1H3,(H,6,7)(H,8,9);;;/q-1;;3*+1/p-2/b10-9-;;;;. The van der Waals surface area contributed by atoms with Gasteiger partial charge in [0.1, 0.15) is 0 Å². The SMILES string of the molecule is CC(CC(=O)[O-])C(=O)[O-].CCCCCCCC/C=C\CCCCCCCC[NH-].[K+].[K+].[K+]. The number of hydrogen-bond donors (Lipinski definition) is 0. The molecule has 0 amide bonds. The number of aliphatic carboxylic acids is 2. The number of nitrogens with one attached hydrogen (secondary N) is 1. The quantitative estimate of drug-likeness (QED) is 0.105. The Morgan fingerprint density at radius 1 is 0.742 bits per heavy atom. The molecule has 31 heavy (non-hydrogen) atoms. The fourth-order valence-electron chi connectivity index (χ4n) is 2.71. The molecule has 0 heterocycles. The van der Waals surface area contributed by atoms with Crippen molar-refractivity contribution in [2.45, 2.75) is 110 Å². The zero-order chi connectivity index (χ0) is 21.5. The van der Waals surface area contributed by atoms with Crippen molar-refractivity contribution in [3.8, 4) is 0 Å². The average Bonchev–Trinajstić information content (AvgIpc) is 2.65. The summed E-state index contributed by atoms with van der Waals surface area (Å²) in [5, 5.41) is 19.5. The predicted octanol–water partition coefficient (Wildman–Crippen LogP) is -4.40. The smallest absolute Gasteiger partial charge is 0.677 e. The van der Waals surface area contributed by atoms with Gasteiger partial charge in [-0.05, 0) is 32.1 Å². The summed E-state index contributed by atoms with van der Waals surface area (Å²) in [7, 11) is 0. The van der Waals surface area contributed by atoms with Crippen LogP contribution in [0, 0.1) is 5.92 Å². The molecule has 0 aromatic heterocycles. The molecule has 0 fully saturated rings. The minimum atomic E-state index is -1.37. The maximum atomic E-state index is 9.83. The Labute approximate surface area is 319 Å². The van der Waals surface area contributed by atoms with Crippen molar-refractivity contribution in [1.29, 1.82) is 0 Å². The molecule has 5 nitrogen and oxygen atoms in total. The largest absolute Gasteiger partial charge is 1.00 e. The van der Waals surface area contributed by atoms with E-state index in [1.54, 1.807) is 0 Å². The molecule has 0 aromatic rings. The first-order valence-electron chi connectivity index (χ1n) is 11.2. The monoisotopic (exact) mass is 513 g/mol. The molecule has 0 spiro atoms. The second-order valence-corrected chi connectivity index (χ2v) is 7.48. The minimum Gasteiger partial charge on any atom is -0.677 e. The minimum absolute atomic E-state index is 0. The number of unbranched alkanes of at least 4 members (excludes halogenated alkanes) is 12. The van der Waals surface area contributed by atoms with Crippen LogP contribution in [0.25, 0.3) is 5.73 Å². The predicted molar refractivity (Wildman–Crippen MR) is 112 cm³/mol. The molecule has 1 unspecified atom stereocenters. The van der Waals surface area contributed by atoms with Crippen LogP contribution in [0.5, 0.6) is 0 Å². The molecule has 0 aliphatic rings. The molecular weight excluding hydrogens is 472 g/mol. The molecule has 1 N–H and O–H groups in total. The second kappa shape index (κ2) is 38.1. The van der Waals surface area contributed by atoms with Crippen LogP contribution in [-0.4, -0.2) is 18.5 Å². The molecule has 0 saturated heterocycles. The molecule has 0 bridgehead atoms. The van der Waals surface area contributed by atoms with E-state index in [4.69, 9.17) is 5.73 Å². The van der Waals surface area contributed by atoms with Gasteiger partial charge in [0, 0.05) is 17.9 Å². The third-order valence-electron chi connectivity index (χ3n) is 4.56. The molecule has 0 aromatic carbocycles. The van der Waals surface area contributed by atoms with Gasteiger partial charge in [-0.3, -0.25) is 0 Å². The van der Waals surface area contributed by atoms with Gasteiger partial charge < -0.3 is 25.5 Å². The average molecular weight is 514 g/mol. The number of carboxylic acid groups (broad SMARTS) is 2. The Kier molecular flexibility index (Phi) is 54.7. The summed E-state index contributed by atoms with van der Waals surface area (Å²) in [4.78, 5) is 19.5. The Bertz CT molecular complexity index is 397. The van der Waals surface area contributed by atoms with Crippen LogP contribution in [-0.2, 0) is 9.59 Å². The summed E-state index contributed by atoms with van der Waals surface area (Å²) in [6.07, 6.45) is 23.1. The number of carbonyl (C=O) groups is 2. The van der Waals surface area contributed by atoms with Gasteiger partial charge in [-0.1, -0.05) is 90.2 Å². The van der Waals surface area contributed by atoms with Crippen molar-refractivity contribution in [2.24, 2.45) is 5.92 Å². The van der Waals surface area contributed by atoms with E-state index >= 15 is 0 Å². The van der Waals surface area contributed by atoms with Crippen molar-refractivity contribution in [3.05, 3.63) is 17.9 Å². The third kappa shape index (κ3) is 44.0. The molecule has 1 atom stereocenters. The zero-order valence-corrected chi connectivity index (χ0v) is 30.5. The van der Waals surface area contributed by atoms with Gasteiger partial charge in [0.05, 0.1) is 0 Å². The fraction of sp³-hybridized carbons (Fsp3) is 0.826. The molecule has 0 rings (SSSR count). The van der Waals surface area contributed by atoms with E-state index in [1.165, 1.54) is 90.4 Å². The van der Waals surface area contributed by atoms with E-state index in [2.05, 4.69) is 19.1 Å². The summed E-state index contributed by atoms with van der Waals surface area (Å²) in [6, 6.07) is 0. The Morgan fingerprint density at radius 2 is 1.13 bits per heavy atom. The Morgan fingerprint density at radius 3 is 1.45 bits per heavy atom. The van der Waals surface area contributed by atoms with Gasteiger partial charge in [0.15, 0.2) is 0 Å². The zero-order valence-electron chi connectivity index (χ0n) is 21.2. The van der Waals surface area contributed by atoms with Crippen LogP contribution < -0.4 is 164 Å². The first-order valence-corrected chi connectivity index (χ1v) is 11.2. The first kappa shape index (κ1) is 44.5.